The Hall–Kier alpha value is -0.610. The topological polar surface area (TPSA) is 49.6 Å². The fourth-order valence-corrected chi connectivity index (χ4v) is 1.41. The van der Waals surface area contributed by atoms with Gasteiger partial charge in [-0.2, -0.15) is 0 Å². The molecule has 4 heteroatoms. The summed E-state index contributed by atoms with van der Waals surface area (Å²) in [5.41, 5.74) is 5.40. The molecule has 0 aromatic carbocycles. The molecule has 0 saturated heterocycles. The fraction of sp³-hybridized carbons (Fsp3) is 0.909. The van der Waals surface area contributed by atoms with Crippen molar-refractivity contribution in [2.24, 2.45) is 5.73 Å². The third kappa shape index (κ3) is 5.74. The molecule has 0 aliphatic rings. The average molecular weight is 215 g/mol. The van der Waals surface area contributed by atoms with E-state index in [0.717, 1.165) is 19.5 Å². The fourth-order valence-electron chi connectivity index (χ4n) is 1.41. The van der Waals surface area contributed by atoms with Crippen molar-refractivity contribution in [1.82, 2.24) is 9.80 Å². The Kier molecular flexibility index (Phi) is 7.34. The summed E-state index contributed by atoms with van der Waals surface area (Å²) in [7, 11) is 1.84. The number of nitrogens with zero attached hydrogens (tertiary/aromatic N) is 2. The van der Waals surface area contributed by atoms with Crippen LogP contribution in [0.3, 0.4) is 0 Å². The van der Waals surface area contributed by atoms with Crippen LogP contribution in [0.25, 0.3) is 0 Å². The van der Waals surface area contributed by atoms with E-state index in [0.29, 0.717) is 19.1 Å². The molecule has 0 aromatic rings. The van der Waals surface area contributed by atoms with Gasteiger partial charge < -0.3 is 10.6 Å². The number of likely N-dealkylation sites (N-methyl/N-ethyl adjacent to an activating group) is 2. The molecule has 4 nitrogen and oxygen atoms in total. The van der Waals surface area contributed by atoms with Gasteiger partial charge in [0, 0.05) is 19.6 Å². The van der Waals surface area contributed by atoms with E-state index in [2.05, 4.69) is 25.7 Å². The number of carbonyl (C=O) groups is 1. The maximum atomic E-state index is 11.8. The van der Waals surface area contributed by atoms with Crippen molar-refractivity contribution in [1.29, 1.82) is 0 Å². The van der Waals surface area contributed by atoms with E-state index in [4.69, 9.17) is 5.73 Å². The van der Waals surface area contributed by atoms with Crippen LogP contribution in [-0.2, 0) is 4.79 Å². The van der Waals surface area contributed by atoms with Crippen LogP contribution >= 0.6 is 0 Å². The first-order valence-electron chi connectivity index (χ1n) is 5.71. The van der Waals surface area contributed by atoms with Crippen LogP contribution in [0.2, 0.25) is 0 Å². The Balaban J connectivity index is 3.98. The highest BCUT2D eigenvalue weighted by Gasteiger charge is 2.14. The first-order chi connectivity index (χ1) is 7.02. The highest BCUT2D eigenvalue weighted by Crippen LogP contribution is 1.99. The van der Waals surface area contributed by atoms with E-state index in [1.54, 1.807) is 4.90 Å². The summed E-state index contributed by atoms with van der Waals surface area (Å²) in [6.45, 7) is 9.11. The summed E-state index contributed by atoms with van der Waals surface area (Å²) < 4.78 is 0. The van der Waals surface area contributed by atoms with E-state index in [1.807, 2.05) is 7.05 Å². The number of carbonyl (C=O) groups excluding carboxylic acids is 1. The number of hydrogen-bond acceptors (Lipinski definition) is 3. The smallest absolute Gasteiger partial charge is 0.236 e. The third-order valence-electron chi connectivity index (χ3n) is 2.60. The first kappa shape index (κ1) is 14.4. The van der Waals surface area contributed by atoms with Gasteiger partial charge in [0.1, 0.15) is 0 Å². The van der Waals surface area contributed by atoms with Crippen LogP contribution in [-0.4, -0.2) is 55.0 Å². The largest absolute Gasteiger partial charge is 0.345 e. The maximum Gasteiger partial charge on any atom is 0.236 e. The molecule has 15 heavy (non-hydrogen) atoms. The van der Waals surface area contributed by atoms with Crippen molar-refractivity contribution in [3.8, 4) is 0 Å². The molecule has 2 N–H and O–H groups in total. The molecule has 0 bridgehead atoms. The molecular formula is C11H25N3O. The van der Waals surface area contributed by atoms with Gasteiger partial charge in [0.05, 0.1) is 6.54 Å². The molecule has 0 aliphatic heterocycles. The lowest BCUT2D eigenvalue weighted by molar-refractivity contribution is -0.131. The molecule has 0 aromatic heterocycles. The summed E-state index contributed by atoms with van der Waals surface area (Å²) in [6, 6.07) is 0.418. The van der Waals surface area contributed by atoms with Crippen LogP contribution in [0.15, 0.2) is 0 Å². The minimum Gasteiger partial charge on any atom is -0.345 e. The van der Waals surface area contributed by atoms with Crippen LogP contribution in [0, 0.1) is 0 Å². The summed E-state index contributed by atoms with van der Waals surface area (Å²) >= 11 is 0. The zero-order valence-electron chi connectivity index (χ0n) is 10.5. The van der Waals surface area contributed by atoms with Crippen molar-refractivity contribution in [3.05, 3.63) is 0 Å². The van der Waals surface area contributed by atoms with Crippen LogP contribution in [0.5, 0.6) is 0 Å². The van der Waals surface area contributed by atoms with Gasteiger partial charge in [-0.05, 0) is 33.4 Å². The van der Waals surface area contributed by atoms with Crippen LogP contribution < -0.4 is 5.73 Å². The zero-order chi connectivity index (χ0) is 11.8. The minimum atomic E-state index is 0.180. The van der Waals surface area contributed by atoms with Gasteiger partial charge in [-0.3, -0.25) is 9.69 Å². The van der Waals surface area contributed by atoms with Crippen molar-refractivity contribution in [2.45, 2.75) is 33.2 Å². The van der Waals surface area contributed by atoms with Crippen LogP contribution in [0.1, 0.15) is 27.2 Å². The van der Waals surface area contributed by atoms with Crippen LogP contribution in [0.4, 0.5) is 0 Å². The summed E-state index contributed by atoms with van der Waals surface area (Å²) in [6.07, 6.45) is 0.871. The van der Waals surface area contributed by atoms with Crippen molar-refractivity contribution in [3.63, 3.8) is 0 Å². The summed E-state index contributed by atoms with van der Waals surface area (Å²) in [5, 5.41) is 0. The molecular weight excluding hydrogens is 190 g/mol. The SMILES string of the molecule is CCN(CC(=O)N(C)CCCN)C(C)C. The lowest BCUT2D eigenvalue weighted by Gasteiger charge is -2.26. The highest BCUT2D eigenvalue weighted by molar-refractivity contribution is 5.77. The number of nitrogens with two attached hydrogens (primary N) is 1. The van der Waals surface area contributed by atoms with Gasteiger partial charge in [-0.25, -0.2) is 0 Å². The second kappa shape index (κ2) is 7.65. The van der Waals surface area contributed by atoms with E-state index in [9.17, 15) is 4.79 Å². The Bertz CT molecular complexity index is 183. The monoisotopic (exact) mass is 215 g/mol. The van der Waals surface area contributed by atoms with E-state index in [-0.39, 0.29) is 5.91 Å². The number of rotatable bonds is 7. The second-order valence-electron chi connectivity index (χ2n) is 4.11. The van der Waals surface area contributed by atoms with Gasteiger partial charge >= 0.3 is 0 Å². The molecule has 0 atom stereocenters. The highest BCUT2D eigenvalue weighted by atomic mass is 16.2. The Morgan fingerprint density at radius 1 is 1.40 bits per heavy atom. The van der Waals surface area contributed by atoms with Crippen molar-refractivity contribution in [2.75, 3.05) is 33.2 Å². The molecule has 0 saturated carbocycles. The Morgan fingerprint density at radius 3 is 2.40 bits per heavy atom. The minimum absolute atomic E-state index is 0.180. The Morgan fingerprint density at radius 2 is 2.00 bits per heavy atom. The molecule has 90 valence electrons. The van der Waals surface area contributed by atoms with E-state index in [1.165, 1.54) is 0 Å². The molecule has 0 aliphatic carbocycles. The van der Waals surface area contributed by atoms with E-state index >= 15 is 0 Å². The first-order valence-corrected chi connectivity index (χ1v) is 5.71. The molecule has 0 heterocycles. The zero-order valence-corrected chi connectivity index (χ0v) is 10.5. The molecule has 0 unspecified atom stereocenters. The van der Waals surface area contributed by atoms with Gasteiger partial charge in [-0.15, -0.1) is 0 Å². The van der Waals surface area contributed by atoms with Gasteiger partial charge in [0.2, 0.25) is 5.91 Å². The molecule has 0 spiro atoms. The molecule has 0 fully saturated rings. The molecule has 1 amide bonds. The van der Waals surface area contributed by atoms with E-state index < -0.39 is 0 Å². The van der Waals surface area contributed by atoms with Crippen molar-refractivity contribution >= 4 is 5.91 Å². The molecule has 0 rings (SSSR count). The summed E-state index contributed by atoms with van der Waals surface area (Å²) in [4.78, 5) is 15.7. The normalized spacial score (nSPS) is 11.1. The van der Waals surface area contributed by atoms with Crippen molar-refractivity contribution < 1.29 is 4.79 Å². The Labute approximate surface area is 93.4 Å². The molecule has 0 radical (unpaired) electrons. The maximum absolute atomic E-state index is 11.8. The predicted octanol–water partition coefficient (Wildman–Crippen LogP) is 0.524. The second-order valence-corrected chi connectivity index (χ2v) is 4.11. The van der Waals surface area contributed by atoms with Gasteiger partial charge in [0.15, 0.2) is 0 Å². The average Bonchev–Trinajstić information content (AvgIpc) is 2.21. The van der Waals surface area contributed by atoms with Gasteiger partial charge in [0.25, 0.3) is 0 Å². The number of amides is 1. The predicted molar refractivity (Wildman–Crippen MR) is 63.7 cm³/mol. The number of hydrogen-bond donors (Lipinski definition) is 1. The van der Waals surface area contributed by atoms with Gasteiger partial charge in [-0.1, -0.05) is 6.92 Å². The lowest BCUT2D eigenvalue weighted by Crippen LogP contribution is -2.41. The standard InChI is InChI=1S/C11H25N3O/c1-5-14(10(2)3)9-11(15)13(4)8-6-7-12/h10H,5-9,12H2,1-4H3. The quantitative estimate of drug-likeness (QED) is 0.674. The lowest BCUT2D eigenvalue weighted by atomic mass is 10.3. The summed E-state index contributed by atoms with van der Waals surface area (Å²) in [5.74, 6) is 0.180. The third-order valence-corrected chi connectivity index (χ3v) is 2.60.